The number of amides is 1. The maximum atomic E-state index is 12.1. The number of hydrogen-bond acceptors (Lipinski definition) is 3. The van der Waals surface area contributed by atoms with Crippen molar-refractivity contribution < 1.29 is 4.79 Å². The van der Waals surface area contributed by atoms with Crippen LogP contribution in [-0.2, 0) is 24.4 Å². The number of fused-ring (bicyclic) bond motifs is 1. The molecule has 0 aliphatic carbocycles. The highest BCUT2D eigenvalue weighted by molar-refractivity contribution is 6.35. The third-order valence-electron chi connectivity index (χ3n) is 3.94. The second kappa shape index (κ2) is 7.05. The molecule has 3 aromatic rings. The Morgan fingerprint density at radius 1 is 1.33 bits per heavy atom. The van der Waals surface area contributed by atoms with Crippen LogP contribution in [0, 0.1) is 6.92 Å². The van der Waals surface area contributed by atoms with Crippen LogP contribution in [0.15, 0.2) is 30.5 Å². The van der Waals surface area contributed by atoms with Crippen LogP contribution in [0.5, 0.6) is 0 Å². The summed E-state index contributed by atoms with van der Waals surface area (Å²) in [6, 6.07) is 7.67. The first-order valence-corrected chi connectivity index (χ1v) is 8.36. The number of rotatable bonds is 6. The van der Waals surface area contributed by atoms with Crippen molar-refractivity contribution in [1.29, 1.82) is 0 Å². The summed E-state index contributed by atoms with van der Waals surface area (Å²) in [7, 11) is 0. The van der Waals surface area contributed by atoms with E-state index in [0.717, 1.165) is 28.8 Å². The van der Waals surface area contributed by atoms with Crippen LogP contribution < -0.4 is 5.32 Å². The zero-order valence-electron chi connectivity index (χ0n) is 13.8. The predicted molar refractivity (Wildman–Crippen MR) is 93.8 cm³/mol. The lowest BCUT2D eigenvalue weighted by atomic mass is 10.2. The molecule has 0 saturated heterocycles. The van der Waals surface area contributed by atoms with Gasteiger partial charge in [0.25, 0.3) is 0 Å². The van der Waals surface area contributed by atoms with Gasteiger partial charge in [-0.3, -0.25) is 14.2 Å². The zero-order chi connectivity index (χ0) is 17.1. The Kier molecular flexibility index (Phi) is 4.85. The molecule has 0 fully saturated rings. The van der Waals surface area contributed by atoms with E-state index < -0.39 is 0 Å². The average molecular weight is 346 g/mol. The first kappa shape index (κ1) is 16.5. The Balaban J connectivity index is 1.58. The molecular formula is C17H20ClN5O. The largest absolute Gasteiger partial charge is 0.350 e. The number of hydrogen-bond donors (Lipinski definition) is 1. The summed E-state index contributed by atoms with van der Waals surface area (Å²) < 4.78 is 3.71. The second-order valence-electron chi connectivity index (χ2n) is 5.66. The van der Waals surface area contributed by atoms with E-state index in [1.54, 1.807) is 10.9 Å². The SMILES string of the molecule is CCn1nc(C)cc1CNC(=O)CCn1ncc2c(Cl)cccc21. The van der Waals surface area contributed by atoms with Gasteiger partial charge in [-0.25, -0.2) is 0 Å². The van der Waals surface area contributed by atoms with Crippen LogP contribution in [0.1, 0.15) is 24.7 Å². The molecule has 1 aromatic carbocycles. The van der Waals surface area contributed by atoms with E-state index in [4.69, 9.17) is 11.6 Å². The van der Waals surface area contributed by atoms with Crippen molar-refractivity contribution in [2.75, 3.05) is 0 Å². The van der Waals surface area contributed by atoms with Gasteiger partial charge in [-0.15, -0.1) is 0 Å². The number of aryl methyl sites for hydroxylation is 3. The Hall–Kier alpha value is -2.34. The zero-order valence-corrected chi connectivity index (χ0v) is 14.5. The quantitative estimate of drug-likeness (QED) is 0.747. The first-order chi connectivity index (χ1) is 11.6. The molecule has 0 unspecified atom stereocenters. The number of aromatic nitrogens is 4. The molecular weight excluding hydrogens is 326 g/mol. The van der Waals surface area contributed by atoms with E-state index in [2.05, 4.69) is 15.5 Å². The van der Waals surface area contributed by atoms with Gasteiger partial charge in [0.05, 0.1) is 41.2 Å². The molecule has 0 radical (unpaired) electrons. The Labute approximate surface area is 145 Å². The summed E-state index contributed by atoms with van der Waals surface area (Å²) in [6.45, 7) is 5.77. The van der Waals surface area contributed by atoms with Crippen molar-refractivity contribution in [3.05, 3.63) is 46.9 Å². The first-order valence-electron chi connectivity index (χ1n) is 7.98. The lowest BCUT2D eigenvalue weighted by Crippen LogP contribution is -2.25. The minimum absolute atomic E-state index is 0.0119. The van der Waals surface area contributed by atoms with E-state index in [1.165, 1.54) is 0 Å². The van der Waals surface area contributed by atoms with Crippen LogP contribution in [-0.4, -0.2) is 25.5 Å². The highest BCUT2D eigenvalue weighted by atomic mass is 35.5. The fraction of sp³-hybridized carbons (Fsp3) is 0.353. The van der Waals surface area contributed by atoms with E-state index in [1.807, 2.05) is 42.8 Å². The van der Waals surface area contributed by atoms with Gasteiger partial charge in [-0.2, -0.15) is 10.2 Å². The lowest BCUT2D eigenvalue weighted by molar-refractivity contribution is -0.121. The highest BCUT2D eigenvalue weighted by Crippen LogP contribution is 2.22. The Bertz CT molecular complexity index is 867. The molecule has 0 aliphatic rings. The third kappa shape index (κ3) is 3.43. The molecule has 2 aromatic heterocycles. The van der Waals surface area contributed by atoms with E-state index in [9.17, 15) is 4.79 Å². The van der Waals surface area contributed by atoms with Crippen molar-refractivity contribution >= 4 is 28.4 Å². The topological polar surface area (TPSA) is 64.7 Å². The standard InChI is InChI=1S/C17H20ClN5O/c1-3-22-13(9-12(2)21-22)10-19-17(24)7-8-23-16-6-4-5-15(18)14(16)11-20-23/h4-6,9,11H,3,7-8,10H2,1-2H3,(H,19,24). The van der Waals surface area contributed by atoms with Gasteiger partial charge >= 0.3 is 0 Å². The van der Waals surface area contributed by atoms with Gasteiger partial charge in [0, 0.05) is 18.4 Å². The minimum atomic E-state index is -0.0119. The van der Waals surface area contributed by atoms with Gasteiger partial charge in [-0.1, -0.05) is 17.7 Å². The molecule has 0 saturated carbocycles. The van der Waals surface area contributed by atoms with Crippen LogP contribution in [0.4, 0.5) is 0 Å². The number of nitrogens with one attached hydrogen (secondary N) is 1. The minimum Gasteiger partial charge on any atom is -0.350 e. The van der Waals surface area contributed by atoms with Gasteiger partial charge in [0.2, 0.25) is 5.91 Å². The fourth-order valence-electron chi connectivity index (χ4n) is 2.75. The van der Waals surface area contributed by atoms with Gasteiger partial charge in [0.1, 0.15) is 0 Å². The van der Waals surface area contributed by atoms with Crippen molar-refractivity contribution in [2.45, 2.75) is 39.9 Å². The number of halogens is 1. The van der Waals surface area contributed by atoms with Crippen molar-refractivity contribution in [3.8, 4) is 0 Å². The highest BCUT2D eigenvalue weighted by Gasteiger charge is 2.09. The Morgan fingerprint density at radius 3 is 2.96 bits per heavy atom. The molecule has 6 nitrogen and oxygen atoms in total. The number of carbonyl (C=O) groups excluding carboxylic acids is 1. The predicted octanol–water partition coefficient (Wildman–Crippen LogP) is 2.92. The summed E-state index contributed by atoms with van der Waals surface area (Å²) >= 11 is 6.14. The molecule has 3 rings (SSSR count). The molecule has 126 valence electrons. The van der Waals surface area contributed by atoms with E-state index >= 15 is 0 Å². The molecule has 1 N–H and O–H groups in total. The van der Waals surface area contributed by atoms with Crippen LogP contribution in [0.25, 0.3) is 10.9 Å². The second-order valence-corrected chi connectivity index (χ2v) is 6.07. The van der Waals surface area contributed by atoms with Crippen molar-refractivity contribution in [2.24, 2.45) is 0 Å². The maximum absolute atomic E-state index is 12.1. The maximum Gasteiger partial charge on any atom is 0.222 e. The van der Waals surface area contributed by atoms with Gasteiger partial charge in [-0.05, 0) is 32.0 Å². The summed E-state index contributed by atoms with van der Waals surface area (Å²) in [6.07, 6.45) is 2.10. The number of nitrogens with zero attached hydrogens (tertiary/aromatic N) is 4. The monoisotopic (exact) mass is 345 g/mol. The molecule has 0 aliphatic heterocycles. The normalized spacial score (nSPS) is 11.1. The lowest BCUT2D eigenvalue weighted by Gasteiger charge is -2.08. The summed E-state index contributed by atoms with van der Waals surface area (Å²) in [5.74, 6) is -0.0119. The molecule has 0 bridgehead atoms. The molecule has 0 spiro atoms. The summed E-state index contributed by atoms with van der Waals surface area (Å²) in [5, 5.41) is 13.2. The number of carbonyl (C=O) groups is 1. The molecule has 24 heavy (non-hydrogen) atoms. The average Bonchev–Trinajstić information content (AvgIpc) is 3.15. The van der Waals surface area contributed by atoms with Gasteiger partial charge in [0.15, 0.2) is 0 Å². The fourth-order valence-corrected chi connectivity index (χ4v) is 2.96. The van der Waals surface area contributed by atoms with Crippen LogP contribution in [0.2, 0.25) is 5.02 Å². The Morgan fingerprint density at radius 2 is 2.17 bits per heavy atom. The molecule has 7 heteroatoms. The van der Waals surface area contributed by atoms with Crippen LogP contribution in [0.3, 0.4) is 0 Å². The van der Waals surface area contributed by atoms with Crippen LogP contribution >= 0.6 is 11.6 Å². The van der Waals surface area contributed by atoms with Gasteiger partial charge < -0.3 is 5.32 Å². The molecule has 0 atom stereocenters. The molecule has 2 heterocycles. The van der Waals surface area contributed by atoms with E-state index in [0.29, 0.717) is 24.5 Å². The van der Waals surface area contributed by atoms with E-state index in [-0.39, 0.29) is 5.91 Å². The summed E-state index contributed by atoms with van der Waals surface area (Å²) in [5.41, 5.74) is 2.91. The molecule has 1 amide bonds. The van der Waals surface area contributed by atoms with Crippen molar-refractivity contribution in [3.63, 3.8) is 0 Å². The smallest absolute Gasteiger partial charge is 0.222 e. The number of benzene rings is 1. The summed E-state index contributed by atoms with van der Waals surface area (Å²) in [4.78, 5) is 12.1. The van der Waals surface area contributed by atoms with Crippen molar-refractivity contribution in [1.82, 2.24) is 24.9 Å². The third-order valence-corrected chi connectivity index (χ3v) is 4.27.